The van der Waals surface area contributed by atoms with Gasteiger partial charge in [0, 0.05) is 40.6 Å². The minimum Gasteiger partial charge on any atom is -0.294 e. The van der Waals surface area contributed by atoms with Crippen molar-refractivity contribution in [2.24, 2.45) is 0 Å². The second-order valence-electron chi connectivity index (χ2n) is 6.68. The summed E-state index contributed by atoms with van der Waals surface area (Å²) in [4.78, 5) is 28.0. The number of rotatable bonds is 2. The second-order valence-corrected chi connectivity index (χ2v) is 7.66. The lowest BCUT2D eigenvalue weighted by Gasteiger charge is -2.38. The Morgan fingerprint density at radius 1 is 1.04 bits per heavy atom. The number of amides is 1. The third kappa shape index (κ3) is 3.20. The topological polar surface area (TPSA) is 37.4 Å². The van der Waals surface area contributed by atoms with Gasteiger partial charge in [0.05, 0.1) is 5.56 Å². The fourth-order valence-electron chi connectivity index (χ4n) is 3.82. The summed E-state index contributed by atoms with van der Waals surface area (Å²) in [5.74, 6) is -0.424. The Balaban J connectivity index is 1.79. The normalized spacial score (nSPS) is 20.9. The molecule has 1 aliphatic carbocycles. The smallest absolute Gasteiger partial charge is 0.294 e. The van der Waals surface area contributed by atoms with Crippen molar-refractivity contribution in [1.82, 2.24) is 0 Å². The van der Waals surface area contributed by atoms with Crippen molar-refractivity contribution in [1.29, 1.82) is 0 Å². The highest BCUT2D eigenvalue weighted by atomic mass is 32.1. The van der Waals surface area contributed by atoms with Crippen LogP contribution in [0.1, 0.15) is 42.0 Å². The van der Waals surface area contributed by atoms with Crippen molar-refractivity contribution in [3.05, 3.63) is 63.5 Å². The lowest BCUT2D eigenvalue weighted by atomic mass is 9.79. The zero-order chi connectivity index (χ0) is 19.2. The fraction of sp³-hybridized carbons (Fsp3) is 0.300. The van der Waals surface area contributed by atoms with Gasteiger partial charge in [-0.3, -0.25) is 14.5 Å². The zero-order valence-electron chi connectivity index (χ0n) is 14.3. The molecule has 2 aromatic rings. The fourth-order valence-corrected chi connectivity index (χ4v) is 4.66. The summed E-state index contributed by atoms with van der Waals surface area (Å²) < 4.78 is 38.5. The number of anilines is 1. The van der Waals surface area contributed by atoms with Gasteiger partial charge in [-0.15, -0.1) is 11.3 Å². The zero-order valence-corrected chi connectivity index (χ0v) is 15.1. The van der Waals surface area contributed by atoms with Crippen molar-refractivity contribution >= 4 is 28.7 Å². The molecule has 1 aromatic heterocycles. The Hall–Kier alpha value is -2.41. The highest BCUT2D eigenvalue weighted by Crippen LogP contribution is 2.44. The minimum absolute atomic E-state index is 0.0269. The molecule has 4 rings (SSSR count). The number of allylic oxidation sites excluding steroid dienone is 2. The molecule has 1 amide bonds. The molecule has 7 heteroatoms. The molecule has 0 fully saturated rings. The number of carbonyl (C=O) groups excluding carboxylic acids is 2. The predicted octanol–water partition coefficient (Wildman–Crippen LogP) is 5.29. The summed E-state index contributed by atoms with van der Waals surface area (Å²) >= 11 is 1.51. The molecule has 140 valence electrons. The highest BCUT2D eigenvalue weighted by Gasteiger charge is 2.40. The first-order valence-corrected chi connectivity index (χ1v) is 9.54. The Morgan fingerprint density at radius 2 is 1.78 bits per heavy atom. The molecule has 1 aromatic carbocycles. The van der Waals surface area contributed by atoms with Gasteiger partial charge in [-0.25, -0.2) is 0 Å². The minimum atomic E-state index is -4.43. The van der Waals surface area contributed by atoms with E-state index in [1.807, 2.05) is 17.5 Å². The third-order valence-corrected chi connectivity index (χ3v) is 6.00. The summed E-state index contributed by atoms with van der Waals surface area (Å²) in [7, 11) is 0. The third-order valence-electron chi connectivity index (χ3n) is 5.01. The first-order valence-electron chi connectivity index (χ1n) is 8.66. The van der Waals surface area contributed by atoms with Crippen molar-refractivity contribution in [2.75, 3.05) is 4.90 Å². The van der Waals surface area contributed by atoms with Gasteiger partial charge in [0.15, 0.2) is 5.78 Å². The summed E-state index contributed by atoms with van der Waals surface area (Å²) in [5, 5.41) is 1.91. The molecule has 3 nitrogen and oxygen atoms in total. The van der Waals surface area contributed by atoms with Crippen LogP contribution in [0.5, 0.6) is 0 Å². The van der Waals surface area contributed by atoms with Crippen molar-refractivity contribution in [3.63, 3.8) is 0 Å². The molecular weight excluding hydrogens is 375 g/mol. The average molecular weight is 391 g/mol. The van der Waals surface area contributed by atoms with E-state index in [1.54, 1.807) is 0 Å². The average Bonchev–Trinajstić information content (AvgIpc) is 3.15. The van der Waals surface area contributed by atoms with Crippen LogP contribution in [0.2, 0.25) is 0 Å². The van der Waals surface area contributed by atoms with Crippen LogP contribution >= 0.6 is 11.3 Å². The van der Waals surface area contributed by atoms with Crippen LogP contribution in [-0.2, 0) is 15.8 Å². The number of alkyl halides is 3. The Kier molecular flexibility index (Phi) is 4.42. The van der Waals surface area contributed by atoms with E-state index in [-0.39, 0.29) is 24.0 Å². The van der Waals surface area contributed by atoms with E-state index in [9.17, 15) is 22.8 Å². The van der Waals surface area contributed by atoms with Crippen LogP contribution < -0.4 is 4.90 Å². The molecule has 27 heavy (non-hydrogen) atoms. The first kappa shape index (κ1) is 18.0. The van der Waals surface area contributed by atoms with Crippen molar-refractivity contribution < 1.29 is 22.8 Å². The van der Waals surface area contributed by atoms with E-state index in [0.29, 0.717) is 36.2 Å². The number of halogens is 3. The number of nitrogens with zero attached hydrogens (tertiary/aromatic N) is 1. The molecule has 1 aliphatic heterocycles. The van der Waals surface area contributed by atoms with Crippen molar-refractivity contribution in [3.8, 4) is 0 Å². The van der Waals surface area contributed by atoms with E-state index >= 15 is 0 Å². The van der Waals surface area contributed by atoms with Gasteiger partial charge < -0.3 is 0 Å². The SMILES string of the molecule is O=C1CCCC2=C1C(c1cccs1)CC(=O)N2c1ccc(C(F)(F)F)cc1. The molecule has 2 aliphatic rings. The van der Waals surface area contributed by atoms with Crippen LogP contribution in [0.4, 0.5) is 18.9 Å². The molecule has 0 radical (unpaired) electrons. The maximum atomic E-state index is 12.9. The van der Waals surface area contributed by atoms with Crippen LogP contribution in [-0.4, -0.2) is 11.7 Å². The summed E-state index contributed by atoms with van der Waals surface area (Å²) in [6.07, 6.45) is -2.64. The standard InChI is InChI=1S/C20H16F3NO2S/c21-20(22,23)12-6-8-13(9-7-12)24-15-3-1-4-16(25)19(15)14(11-18(24)26)17-5-2-10-27-17/h2,5-10,14H,1,3-4,11H2. The van der Waals surface area contributed by atoms with Gasteiger partial charge in [-0.1, -0.05) is 6.07 Å². The first-order chi connectivity index (χ1) is 12.9. The number of hydrogen-bond acceptors (Lipinski definition) is 3. The molecular formula is C20H16F3NO2S. The largest absolute Gasteiger partial charge is 0.416 e. The number of benzene rings is 1. The summed E-state index contributed by atoms with van der Waals surface area (Å²) in [5.41, 5.74) is 0.893. The van der Waals surface area contributed by atoms with E-state index in [4.69, 9.17) is 0 Å². The number of carbonyl (C=O) groups is 2. The van der Waals surface area contributed by atoms with Crippen LogP contribution in [0.3, 0.4) is 0 Å². The van der Waals surface area contributed by atoms with Gasteiger partial charge in [0.25, 0.3) is 0 Å². The van der Waals surface area contributed by atoms with Gasteiger partial charge in [0.2, 0.25) is 5.91 Å². The molecule has 0 saturated heterocycles. The molecule has 1 atom stereocenters. The van der Waals surface area contributed by atoms with Gasteiger partial charge in [-0.05, 0) is 48.6 Å². The van der Waals surface area contributed by atoms with Gasteiger partial charge in [0.1, 0.15) is 0 Å². The number of ketones is 1. The lowest BCUT2D eigenvalue weighted by molar-refractivity contribution is -0.137. The molecule has 0 saturated carbocycles. The van der Waals surface area contributed by atoms with Crippen LogP contribution in [0.15, 0.2) is 53.0 Å². The molecule has 2 heterocycles. The number of hydrogen-bond donors (Lipinski definition) is 0. The molecule has 0 bridgehead atoms. The maximum absolute atomic E-state index is 12.9. The van der Waals surface area contributed by atoms with Crippen LogP contribution in [0, 0.1) is 0 Å². The molecule has 0 spiro atoms. The number of thiophene rings is 1. The Bertz CT molecular complexity index is 914. The second kappa shape index (κ2) is 6.64. The summed E-state index contributed by atoms with van der Waals surface area (Å²) in [6, 6.07) is 8.35. The lowest BCUT2D eigenvalue weighted by Crippen LogP contribution is -2.40. The molecule has 0 N–H and O–H groups in total. The Morgan fingerprint density at radius 3 is 2.41 bits per heavy atom. The van der Waals surface area contributed by atoms with E-state index in [0.717, 1.165) is 17.0 Å². The Labute approximate surface area is 158 Å². The molecule has 1 unspecified atom stereocenters. The summed E-state index contributed by atoms with van der Waals surface area (Å²) in [6.45, 7) is 0. The quantitative estimate of drug-likeness (QED) is 0.697. The monoisotopic (exact) mass is 391 g/mol. The van der Waals surface area contributed by atoms with Crippen LogP contribution in [0.25, 0.3) is 0 Å². The van der Waals surface area contributed by atoms with E-state index < -0.39 is 11.7 Å². The van der Waals surface area contributed by atoms with Gasteiger partial charge in [-0.2, -0.15) is 13.2 Å². The maximum Gasteiger partial charge on any atom is 0.416 e. The van der Waals surface area contributed by atoms with Gasteiger partial charge >= 0.3 is 6.18 Å². The van der Waals surface area contributed by atoms with E-state index in [2.05, 4.69) is 0 Å². The number of Topliss-reactive ketones (excluding diaryl/α,β-unsaturated/α-hetero) is 1. The van der Waals surface area contributed by atoms with E-state index in [1.165, 1.54) is 28.4 Å². The highest BCUT2D eigenvalue weighted by molar-refractivity contribution is 7.10. The predicted molar refractivity (Wildman–Crippen MR) is 96.5 cm³/mol. The van der Waals surface area contributed by atoms with Crippen molar-refractivity contribution in [2.45, 2.75) is 37.8 Å².